The molecule has 0 saturated carbocycles. The van der Waals surface area contributed by atoms with Gasteiger partial charge < -0.3 is 34.3 Å². The normalized spacial score (nSPS) is 15.3. The summed E-state index contributed by atoms with van der Waals surface area (Å²) in [7, 11) is 0. The van der Waals surface area contributed by atoms with Crippen molar-refractivity contribution in [1.29, 1.82) is 0 Å². The zero-order valence-electron chi connectivity index (χ0n) is 62.1. The van der Waals surface area contributed by atoms with Crippen LogP contribution in [0.1, 0.15) is 286 Å². The predicted octanol–water partition coefficient (Wildman–Crippen LogP) is 21.4. The minimum atomic E-state index is -0.301. The molecule has 3 aliphatic rings. The Morgan fingerprint density at radius 1 is 0.229 bits per heavy atom. The second-order valence-corrected chi connectivity index (χ2v) is 35.7. The minimum absolute atomic E-state index is 0.165. The average Bonchev–Trinajstić information content (AvgIpc) is 0.942. The highest BCUT2D eigenvalue weighted by atomic mass is 16.5. The Bertz CT molecular complexity index is 4010. The summed E-state index contributed by atoms with van der Waals surface area (Å²) >= 11 is 0. The lowest BCUT2D eigenvalue weighted by atomic mass is 9.79. The molecule has 0 amide bonds. The van der Waals surface area contributed by atoms with Crippen LogP contribution >= 0.6 is 0 Å². The fourth-order valence-corrected chi connectivity index (χ4v) is 14.1. The molecule has 0 aromatic heterocycles. The van der Waals surface area contributed by atoms with Gasteiger partial charge in [-0.2, -0.15) is 0 Å². The van der Waals surface area contributed by atoms with Crippen LogP contribution in [0.25, 0.3) is 0 Å². The number of rotatable bonds is 0. The smallest absolute Gasteiger partial charge is 0.126 e. The Labute approximate surface area is 576 Å². The van der Waals surface area contributed by atoms with E-state index in [0.29, 0.717) is 71.4 Å². The highest BCUT2D eigenvalue weighted by Gasteiger charge is 2.32. The van der Waals surface area contributed by atoms with E-state index in [4.69, 9.17) is 18.9 Å². The number of aromatic hydroxyl groups is 3. The Kier molecular flexibility index (Phi) is 18.6. The molecular formula is C89H110O7. The predicted molar refractivity (Wildman–Crippen MR) is 396 cm³/mol. The molecule has 0 unspecified atom stereocenters. The molecule has 11 rings (SSSR count). The van der Waals surface area contributed by atoms with Crippen molar-refractivity contribution in [3.05, 3.63) is 237 Å². The zero-order chi connectivity index (χ0) is 69.6. The molecule has 14 bridgehead atoms. The van der Waals surface area contributed by atoms with Gasteiger partial charge in [0.15, 0.2) is 0 Å². The molecule has 3 aliphatic heterocycles. The first-order valence-corrected chi connectivity index (χ1v) is 35.5. The van der Waals surface area contributed by atoms with Gasteiger partial charge >= 0.3 is 0 Å². The number of hydrogen-bond donors (Lipinski definition) is 3. The van der Waals surface area contributed by atoms with E-state index in [0.717, 1.165) is 129 Å². The molecule has 8 aromatic carbocycles. The summed E-state index contributed by atoms with van der Waals surface area (Å²) in [6.07, 6.45) is 4.37. The van der Waals surface area contributed by atoms with Gasteiger partial charge in [-0.3, -0.25) is 0 Å². The van der Waals surface area contributed by atoms with Gasteiger partial charge in [-0.05, 0) is 179 Å². The summed E-state index contributed by atoms with van der Waals surface area (Å²) in [5, 5.41) is 39.2. The highest BCUT2D eigenvalue weighted by Crippen LogP contribution is 2.47. The number of phenolic OH excluding ortho intramolecular Hbond substituents is 3. The summed E-state index contributed by atoms with van der Waals surface area (Å²) < 4.78 is 29.8. The number of ether oxygens (including phenoxy) is 4. The molecule has 0 radical (unpaired) electrons. The largest absolute Gasteiger partial charge is 0.507 e. The van der Waals surface area contributed by atoms with Gasteiger partial charge in [0.1, 0.15) is 53.5 Å². The maximum Gasteiger partial charge on any atom is 0.126 e. The van der Waals surface area contributed by atoms with Crippen molar-refractivity contribution in [3.63, 3.8) is 0 Å². The Hall–Kier alpha value is -7.64. The molecule has 3 heterocycles. The molecule has 0 aliphatic carbocycles. The van der Waals surface area contributed by atoms with Gasteiger partial charge in [0.05, 0.1) is 13.2 Å². The Morgan fingerprint density at radius 3 is 0.594 bits per heavy atom. The molecule has 0 fully saturated rings. The third-order valence-corrected chi connectivity index (χ3v) is 20.4. The van der Waals surface area contributed by atoms with Gasteiger partial charge in [-0.15, -0.1) is 0 Å². The average molecular weight is 1290 g/mol. The van der Waals surface area contributed by atoms with Crippen LogP contribution in [0.5, 0.6) is 40.2 Å². The number of phenols is 3. The van der Waals surface area contributed by atoms with E-state index >= 15 is 0 Å². The van der Waals surface area contributed by atoms with E-state index in [-0.39, 0.29) is 68.0 Å². The van der Waals surface area contributed by atoms with E-state index < -0.39 is 0 Å². The fraction of sp³-hybridized carbons (Fsp3) is 0.461. The second kappa shape index (κ2) is 25.7. The van der Waals surface area contributed by atoms with Crippen LogP contribution in [-0.4, -0.2) is 28.5 Å². The number of benzene rings is 8. The zero-order valence-corrected chi connectivity index (χ0v) is 62.1. The summed E-state index contributed by atoms with van der Waals surface area (Å²) in [6.45, 7) is 49.1. The van der Waals surface area contributed by atoms with Crippen LogP contribution in [-0.2, 0) is 96.1 Å². The molecule has 0 saturated heterocycles. The standard InChI is InChI=1S/C89H110O7/c1-83(2,3)69-37-55-30-57-39-70(84(4,5)6)41-59(77(57)91)32-61-43-72(86(10,11)12)45-63-34-65-47-74(88(16,17)18)49-67-36-68-50-75(89(19,20)21)48-66(82(68)96-52-54-27-23-22-26-53(54)51-95-81(65)67)35-64-46-73(87(13,14)15)44-62(80(64)94-29-25-24-28-93-79(61)63)33-60-42-71(85(7,8)9)40-58(78(60)92)31-56(38-69)76(55)90/h22-23,26-27,37-50,90-92H,24-25,28-36,51-52H2,1-21H3. The molecule has 8 aromatic rings. The summed E-state index contributed by atoms with van der Waals surface area (Å²) in [6, 6.07) is 40.5. The number of fused-ring (bicyclic) bond motifs is 12. The van der Waals surface area contributed by atoms with Crippen LogP contribution in [0.15, 0.2) is 109 Å². The lowest BCUT2D eigenvalue weighted by Crippen LogP contribution is -2.17. The third kappa shape index (κ3) is 15.1. The van der Waals surface area contributed by atoms with Crippen molar-refractivity contribution in [2.24, 2.45) is 0 Å². The van der Waals surface area contributed by atoms with E-state index in [2.05, 4.69) is 255 Å². The van der Waals surface area contributed by atoms with Crippen molar-refractivity contribution < 1.29 is 34.3 Å². The van der Waals surface area contributed by atoms with Crippen LogP contribution < -0.4 is 18.9 Å². The molecule has 3 N–H and O–H groups in total. The van der Waals surface area contributed by atoms with E-state index in [1.165, 1.54) is 22.3 Å². The third-order valence-electron chi connectivity index (χ3n) is 20.4. The van der Waals surface area contributed by atoms with Crippen LogP contribution in [0.2, 0.25) is 0 Å². The molecule has 7 heteroatoms. The monoisotopic (exact) mass is 1290 g/mol. The van der Waals surface area contributed by atoms with Gasteiger partial charge in [-0.1, -0.05) is 255 Å². The summed E-state index contributed by atoms with van der Waals surface area (Å²) in [5.74, 6) is 3.95. The van der Waals surface area contributed by atoms with Gasteiger partial charge in [0.25, 0.3) is 0 Å². The van der Waals surface area contributed by atoms with Crippen LogP contribution in [0.3, 0.4) is 0 Å². The van der Waals surface area contributed by atoms with Crippen molar-refractivity contribution in [2.75, 3.05) is 13.2 Å². The highest BCUT2D eigenvalue weighted by molar-refractivity contribution is 5.62. The van der Waals surface area contributed by atoms with E-state index in [9.17, 15) is 15.3 Å². The SMILES string of the molecule is CC(C)(C)c1cc2c(O)c(c1)Cc1cc(C(C)(C)C)cc(c1O)Cc1cc(C(C)(C)C)cc3c1OCCCCOc1c(cc(C(C)(C)C)cc1Cc1cc(C(C)(C)C)cc4c1OCc1ccccc1COc1c(cc(C(C)(C)C)cc1C4)C3)Cc1cc(C(C)(C)C)cc(c1O)C2. The van der Waals surface area contributed by atoms with Crippen molar-refractivity contribution in [3.8, 4) is 40.2 Å². The molecule has 96 heavy (non-hydrogen) atoms. The molecule has 7 nitrogen and oxygen atoms in total. The maximum absolute atomic E-state index is 13.1. The minimum Gasteiger partial charge on any atom is -0.507 e. The number of hydrogen-bond acceptors (Lipinski definition) is 7. The van der Waals surface area contributed by atoms with Crippen molar-refractivity contribution in [1.82, 2.24) is 0 Å². The van der Waals surface area contributed by atoms with Crippen LogP contribution in [0, 0.1) is 0 Å². The summed E-state index contributed by atoms with van der Waals surface area (Å²) in [5.41, 5.74) is 21.3. The van der Waals surface area contributed by atoms with Crippen LogP contribution in [0.4, 0.5) is 0 Å². The quantitative estimate of drug-likeness (QED) is 0.139. The van der Waals surface area contributed by atoms with Gasteiger partial charge in [-0.25, -0.2) is 0 Å². The fourth-order valence-electron chi connectivity index (χ4n) is 14.1. The van der Waals surface area contributed by atoms with E-state index in [1.54, 1.807) is 0 Å². The van der Waals surface area contributed by atoms with E-state index in [1.807, 2.05) is 0 Å². The van der Waals surface area contributed by atoms with Crippen molar-refractivity contribution >= 4 is 0 Å². The first-order valence-electron chi connectivity index (χ1n) is 35.5. The summed E-state index contributed by atoms with van der Waals surface area (Å²) in [4.78, 5) is 0. The topological polar surface area (TPSA) is 97.6 Å². The Morgan fingerprint density at radius 2 is 0.396 bits per heavy atom. The molecule has 0 atom stereocenters. The first kappa shape index (κ1) is 69.7. The Balaban J connectivity index is 1.29. The van der Waals surface area contributed by atoms with Gasteiger partial charge in [0.2, 0.25) is 0 Å². The molecule has 0 spiro atoms. The second-order valence-electron chi connectivity index (χ2n) is 35.7. The van der Waals surface area contributed by atoms with Crippen molar-refractivity contribution in [2.45, 2.75) is 254 Å². The maximum atomic E-state index is 13.1. The lowest BCUT2D eigenvalue weighted by molar-refractivity contribution is 0.261. The lowest BCUT2D eigenvalue weighted by Gasteiger charge is -2.28. The molecule has 508 valence electrons. The van der Waals surface area contributed by atoms with Gasteiger partial charge in [0, 0.05) is 44.9 Å². The molecular weight excluding hydrogens is 1180 g/mol. The first-order chi connectivity index (χ1) is 44.7.